The first-order chi connectivity index (χ1) is 14.4. The van der Waals surface area contributed by atoms with Gasteiger partial charge in [-0.25, -0.2) is 9.97 Å². The SMILES string of the molecule is COc1cc2c(cc1NC(=O)[C@H](C)Sc1nc(C)c(C)c(C)n1)oc1ccccc12. The molecule has 4 aromatic rings. The normalized spacial score (nSPS) is 12.3. The number of methoxy groups -OCH3 is 1. The number of para-hydroxylation sites is 1. The van der Waals surface area contributed by atoms with E-state index in [0.717, 1.165) is 33.3 Å². The number of aryl methyl sites for hydroxylation is 2. The zero-order valence-electron chi connectivity index (χ0n) is 17.6. The molecule has 1 amide bonds. The zero-order valence-corrected chi connectivity index (χ0v) is 18.4. The molecule has 0 aliphatic rings. The number of nitrogens with one attached hydrogen (secondary N) is 1. The number of carbonyl (C=O) groups excluding carboxylic acids is 1. The largest absolute Gasteiger partial charge is 0.495 e. The molecule has 0 radical (unpaired) electrons. The van der Waals surface area contributed by atoms with Crippen LogP contribution in [0.15, 0.2) is 46.0 Å². The molecule has 2 heterocycles. The molecule has 0 fully saturated rings. The molecule has 0 saturated heterocycles. The van der Waals surface area contributed by atoms with Crippen LogP contribution in [0, 0.1) is 20.8 Å². The summed E-state index contributed by atoms with van der Waals surface area (Å²) in [5.74, 6) is 0.422. The fraction of sp³-hybridized carbons (Fsp3) is 0.261. The third-order valence-corrected chi connectivity index (χ3v) is 6.18. The predicted octanol–water partition coefficient (Wildman–Crippen LogP) is 5.43. The average Bonchev–Trinajstić information content (AvgIpc) is 3.08. The lowest BCUT2D eigenvalue weighted by atomic mass is 10.1. The van der Waals surface area contributed by atoms with Crippen LogP contribution in [0.1, 0.15) is 23.9 Å². The van der Waals surface area contributed by atoms with Crippen molar-refractivity contribution in [2.75, 3.05) is 12.4 Å². The molecule has 154 valence electrons. The Morgan fingerprint density at radius 2 is 1.77 bits per heavy atom. The van der Waals surface area contributed by atoms with E-state index in [4.69, 9.17) is 9.15 Å². The molecule has 1 N–H and O–H groups in total. The molecule has 0 unspecified atom stereocenters. The van der Waals surface area contributed by atoms with E-state index in [-0.39, 0.29) is 11.2 Å². The number of fused-ring (bicyclic) bond motifs is 3. The summed E-state index contributed by atoms with van der Waals surface area (Å²) in [4.78, 5) is 21.8. The fourth-order valence-corrected chi connectivity index (χ4v) is 4.12. The minimum atomic E-state index is -0.386. The van der Waals surface area contributed by atoms with Gasteiger partial charge in [0, 0.05) is 28.2 Å². The summed E-state index contributed by atoms with van der Waals surface area (Å²) in [6.45, 7) is 7.73. The third kappa shape index (κ3) is 3.73. The second-order valence-corrected chi connectivity index (χ2v) is 8.51. The Morgan fingerprint density at radius 3 is 2.47 bits per heavy atom. The van der Waals surface area contributed by atoms with Gasteiger partial charge in [0.2, 0.25) is 5.91 Å². The van der Waals surface area contributed by atoms with Gasteiger partial charge in [-0.1, -0.05) is 30.0 Å². The van der Waals surface area contributed by atoms with Gasteiger partial charge in [-0.2, -0.15) is 0 Å². The van der Waals surface area contributed by atoms with Crippen molar-refractivity contribution >= 4 is 45.3 Å². The number of hydrogen-bond acceptors (Lipinski definition) is 6. The van der Waals surface area contributed by atoms with Gasteiger partial charge in [0.1, 0.15) is 16.9 Å². The van der Waals surface area contributed by atoms with Crippen molar-refractivity contribution in [1.29, 1.82) is 0 Å². The fourth-order valence-electron chi connectivity index (χ4n) is 3.26. The quantitative estimate of drug-likeness (QED) is 0.342. The molecule has 30 heavy (non-hydrogen) atoms. The van der Waals surface area contributed by atoms with E-state index >= 15 is 0 Å². The molecule has 7 heteroatoms. The number of hydrogen-bond donors (Lipinski definition) is 1. The Labute approximate surface area is 179 Å². The molecule has 6 nitrogen and oxygen atoms in total. The summed E-state index contributed by atoms with van der Waals surface area (Å²) < 4.78 is 11.5. The van der Waals surface area contributed by atoms with Crippen LogP contribution >= 0.6 is 11.8 Å². The van der Waals surface area contributed by atoms with Crippen LogP contribution in [-0.4, -0.2) is 28.2 Å². The highest BCUT2D eigenvalue weighted by Crippen LogP contribution is 2.36. The number of carbonyl (C=O) groups is 1. The molecule has 1 atom stereocenters. The molecule has 0 spiro atoms. The summed E-state index contributed by atoms with van der Waals surface area (Å²) in [5.41, 5.74) is 4.98. The maximum Gasteiger partial charge on any atom is 0.237 e. The number of furan rings is 1. The third-order valence-electron chi connectivity index (χ3n) is 5.22. The summed E-state index contributed by atoms with van der Waals surface area (Å²) >= 11 is 1.33. The lowest BCUT2D eigenvalue weighted by Crippen LogP contribution is -2.23. The molecule has 2 aromatic heterocycles. The molecule has 0 saturated carbocycles. The van der Waals surface area contributed by atoms with E-state index in [1.165, 1.54) is 11.8 Å². The van der Waals surface area contributed by atoms with Crippen molar-refractivity contribution in [3.63, 3.8) is 0 Å². The summed E-state index contributed by atoms with van der Waals surface area (Å²) in [5, 5.41) is 5.12. The summed E-state index contributed by atoms with van der Waals surface area (Å²) in [7, 11) is 1.59. The van der Waals surface area contributed by atoms with Crippen LogP contribution in [0.2, 0.25) is 0 Å². The maximum atomic E-state index is 12.9. The number of benzene rings is 2. The second-order valence-electron chi connectivity index (χ2n) is 7.20. The smallest absolute Gasteiger partial charge is 0.237 e. The minimum Gasteiger partial charge on any atom is -0.495 e. The predicted molar refractivity (Wildman–Crippen MR) is 120 cm³/mol. The van der Waals surface area contributed by atoms with E-state index in [9.17, 15) is 4.79 Å². The van der Waals surface area contributed by atoms with Crippen molar-refractivity contribution in [2.24, 2.45) is 0 Å². The highest BCUT2D eigenvalue weighted by molar-refractivity contribution is 8.00. The second kappa shape index (κ2) is 7.99. The highest BCUT2D eigenvalue weighted by Gasteiger charge is 2.20. The van der Waals surface area contributed by atoms with Crippen molar-refractivity contribution in [1.82, 2.24) is 9.97 Å². The maximum absolute atomic E-state index is 12.9. The van der Waals surface area contributed by atoms with E-state index < -0.39 is 0 Å². The summed E-state index contributed by atoms with van der Waals surface area (Å²) in [6, 6.07) is 11.5. The average molecular weight is 422 g/mol. The van der Waals surface area contributed by atoms with Gasteiger partial charge in [0.05, 0.1) is 18.0 Å². The highest BCUT2D eigenvalue weighted by atomic mass is 32.2. The van der Waals surface area contributed by atoms with E-state index in [0.29, 0.717) is 22.2 Å². The van der Waals surface area contributed by atoms with Crippen LogP contribution in [0.3, 0.4) is 0 Å². The lowest BCUT2D eigenvalue weighted by molar-refractivity contribution is -0.115. The molecule has 2 aromatic carbocycles. The number of amides is 1. The van der Waals surface area contributed by atoms with Crippen molar-refractivity contribution in [3.05, 3.63) is 53.3 Å². The number of aromatic nitrogens is 2. The first kappa shape index (κ1) is 20.2. The van der Waals surface area contributed by atoms with Gasteiger partial charge in [0.25, 0.3) is 0 Å². The standard InChI is InChI=1S/C23H23N3O3S/c1-12-13(2)24-23(25-14(12)3)30-15(4)22(27)26-18-11-20-17(10-21(18)28-5)16-8-6-7-9-19(16)29-20/h6-11,15H,1-5H3,(H,26,27)/t15-/m0/s1. The topological polar surface area (TPSA) is 77.2 Å². The molecule has 0 bridgehead atoms. The number of ether oxygens (including phenoxy) is 1. The van der Waals surface area contributed by atoms with Gasteiger partial charge in [-0.15, -0.1) is 0 Å². The molecule has 0 aliphatic carbocycles. The van der Waals surface area contributed by atoms with Crippen LogP contribution in [0.25, 0.3) is 21.9 Å². The monoisotopic (exact) mass is 421 g/mol. The van der Waals surface area contributed by atoms with Gasteiger partial charge >= 0.3 is 0 Å². The van der Waals surface area contributed by atoms with Crippen molar-refractivity contribution in [2.45, 2.75) is 38.1 Å². The van der Waals surface area contributed by atoms with E-state index in [1.54, 1.807) is 13.2 Å². The molecule has 0 aliphatic heterocycles. The Morgan fingerprint density at radius 1 is 1.07 bits per heavy atom. The number of nitrogens with zero attached hydrogens (tertiary/aromatic N) is 2. The van der Waals surface area contributed by atoms with Crippen LogP contribution in [0.5, 0.6) is 5.75 Å². The minimum absolute atomic E-state index is 0.159. The van der Waals surface area contributed by atoms with Gasteiger partial charge < -0.3 is 14.5 Å². The Balaban J connectivity index is 1.59. The molecule has 4 rings (SSSR count). The molecular formula is C23H23N3O3S. The van der Waals surface area contributed by atoms with Crippen molar-refractivity contribution < 1.29 is 13.9 Å². The van der Waals surface area contributed by atoms with Gasteiger partial charge in [0.15, 0.2) is 5.16 Å². The summed E-state index contributed by atoms with van der Waals surface area (Å²) in [6.07, 6.45) is 0. The van der Waals surface area contributed by atoms with Gasteiger partial charge in [-0.05, 0) is 45.4 Å². The zero-order chi connectivity index (χ0) is 21.4. The van der Waals surface area contributed by atoms with Gasteiger partial charge in [-0.3, -0.25) is 4.79 Å². The number of rotatable bonds is 5. The Kier molecular flexibility index (Phi) is 5.39. The Bertz CT molecular complexity index is 1240. The first-order valence-electron chi connectivity index (χ1n) is 9.66. The number of anilines is 1. The van der Waals surface area contributed by atoms with Crippen LogP contribution < -0.4 is 10.1 Å². The van der Waals surface area contributed by atoms with Crippen LogP contribution in [-0.2, 0) is 4.79 Å². The molecular weight excluding hydrogens is 398 g/mol. The Hall–Kier alpha value is -3.06. The van der Waals surface area contributed by atoms with E-state index in [2.05, 4.69) is 15.3 Å². The number of thioether (sulfide) groups is 1. The first-order valence-corrected chi connectivity index (χ1v) is 10.5. The lowest BCUT2D eigenvalue weighted by Gasteiger charge is -2.14. The van der Waals surface area contributed by atoms with E-state index in [1.807, 2.05) is 58.0 Å². The van der Waals surface area contributed by atoms with Crippen molar-refractivity contribution in [3.8, 4) is 5.75 Å². The van der Waals surface area contributed by atoms with Crippen LogP contribution in [0.4, 0.5) is 5.69 Å².